The number of rotatable bonds is 3. The van der Waals surface area contributed by atoms with Gasteiger partial charge in [0, 0.05) is 42.5 Å². The van der Waals surface area contributed by atoms with Crippen LogP contribution < -0.4 is 10.6 Å². The number of carbonyl (C=O) groups excluding carboxylic acids is 2. The third kappa shape index (κ3) is 4.43. The summed E-state index contributed by atoms with van der Waals surface area (Å²) in [6.07, 6.45) is 4.72. The molecule has 1 aliphatic heterocycles. The smallest absolute Gasteiger partial charge is 0.321 e. The molecule has 0 saturated carbocycles. The average Bonchev–Trinajstić information content (AvgIpc) is 3.05. The second kappa shape index (κ2) is 7.90. The summed E-state index contributed by atoms with van der Waals surface area (Å²) in [6.45, 7) is 3.20. The van der Waals surface area contributed by atoms with E-state index in [1.165, 1.54) is 0 Å². The fourth-order valence-electron chi connectivity index (χ4n) is 2.96. The molecule has 3 amide bonds. The van der Waals surface area contributed by atoms with Crippen molar-refractivity contribution in [3.63, 3.8) is 0 Å². The summed E-state index contributed by atoms with van der Waals surface area (Å²) in [7, 11) is 1.78. The fourth-order valence-corrected chi connectivity index (χ4v) is 3.21. The Morgan fingerprint density at radius 2 is 2.00 bits per heavy atom. The van der Waals surface area contributed by atoms with Gasteiger partial charge in [0.1, 0.15) is 0 Å². The van der Waals surface area contributed by atoms with Crippen molar-refractivity contribution in [3.8, 4) is 0 Å². The second-order valence-electron chi connectivity index (χ2n) is 6.53. The first-order chi connectivity index (χ1) is 12.4. The lowest BCUT2D eigenvalue weighted by Crippen LogP contribution is -2.47. The number of carbonyl (C=O) groups is 2. The molecule has 0 radical (unpaired) electrons. The molecule has 2 N–H and O–H groups in total. The molecule has 138 valence electrons. The van der Waals surface area contributed by atoms with Crippen molar-refractivity contribution < 1.29 is 9.59 Å². The molecule has 0 aliphatic carbocycles. The van der Waals surface area contributed by atoms with E-state index >= 15 is 0 Å². The molecule has 8 heteroatoms. The molecule has 0 unspecified atom stereocenters. The number of hydrogen-bond acceptors (Lipinski definition) is 3. The van der Waals surface area contributed by atoms with Crippen LogP contribution in [0.25, 0.3) is 0 Å². The lowest BCUT2D eigenvalue weighted by molar-refractivity contribution is 0.0919. The van der Waals surface area contributed by atoms with Crippen molar-refractivity contribution in [1.82, 2.24) is 20.0 Å². The zero-order chi connectivity index (χ0) is 18.7. The van der Waals surface area contributed by atoms with Crippen LogP contribution in [0.2, 0.25) is 0 Å². The lowest BCUT2D eigenvalue weighted by Gasteiger charge is -2.32. The van der Waals surface area contributed by atoms with Gasteiger partial charge in [0.25, 0.3) is 5.91 Å². The molecular weight excluding hydrogens is 398 g/mol. The van der Waals surface area contributed by atoms with E-state index in [0.29, 0.717) is 18.7 Å². The van der Waals surface area contributed by atoms with Crippen LogP contribution in [0.15, 0.2) is 35.1 Å². The number of benzene rings is 1. The second-order valence-corrected chi connectivity index (χ2v) is 7.39. The molecule has 3 rings (SSSR count). The summed E-state index contributed by atoms with van der Waals surface area (Å²) in [5, 5.41) is 9.96. The number of nitrogens with zero attached hydrogens (tertiary/aromatic N) is 3. The van der Waals surface area contributed by atoms with Gasteiger partial charge in [-0.25, -0.2) is 4.79 Å². The third-order valence-electron chi connectivity index (χ3n) is 4.49. The van der Waals surface area contributed by atoms with Crippen molar-refractivity contribution in [1.29, 1.82) is 0 Å². The lowest BCUT2D eigenvalue weighted by atomic mass is 10.0. The van der Waals surface area contributed by atoms with Gasteiger partial charge in [-0.2, -0.15) is 5.10 Å². The number of urea groups is 1. The maximum Gasteiger partial charge on any atom is 0.321 e. The van der Waals surface area contributed by atoms with Gasteiger partial charge in [-0.05, 0) is 43.5 Å². The normalized spacial score (nSPS) is 15.0. The van der Waals surface area contributed by atoms with Gasteiger partial charge in [0.2, 0.25) is 0 Å². The van der Waals surface area contributed by atoms with Crippen LogP contribution >= 0.6 is 15.9 Å². The SMILES string of the molecule is Cc1cc(NC(=O)N2CCC(NC(=O)c3cnn(C)c3)CC2)ccc1Br. The molecule has 26 heavy (non-hydrogen) atoms. The Labute approximate surface area is 160 Å². The van der Waals surface area contributed by atoms with Crippen LogP contribution in [0.5, 0.6) is 0 Å². The molecular formula is C18H22BrN5O2. The third-order valence-corrected chi connectivity index (χ3v) is 5.38. The van der Waals surface area contributed by atoms with Gasteiger partial charge in [-0.15, -0.1) is 0 Å². The fraction of sp³-hybridized carbons (Fsp3) is 0.389. The van der Waals surface area contributed by atoms with Crippen LogP contribution in [0, 0.1) is 6.92 Å². The van der Waals surface area contributed by atoms with Crippen LogP contribution in [0.4, 0.5) is 10.5 Å². The van der Waals surface area contributed by atoms with E-state index in [0.717, 1.165) is 28.6 Å². The first-order valence-corrected chi connectivity index (χ1v) is 9.33. The molecule has 0 spiro atoms. The van der Waals surface area contributed by atoms with Gasteiger partial charge in [0.05, 0.1) is 11.8 Å². The summed E-state index contributed by atoms with van der Waals surface area (Å²) in [6, 6.07) is 5.69. The molecule has 7 nitrogen and oxygen atoms in total. The molecule has 1 aromatic heterocycles. The summed E-state index contributed by atoms with van der Waals surface area (Å²) >= 11 is 3.45. The van der Waals surface area contributed by atoms with Gasteiger partial charge in [0.15, 0.2) is 0 Å². The molecule has 1 aromatic carbocycles. The number of piperidine rings is 1. The van der Waals surface area contributed by atoms with Gasteiger partial charge in [-0.1, -0.05) is 15.9 Å². The van der Waals surface area contributed by atoms with Crippen molar-refractivity contribution in [2.24, 2.45) is 7.05 Å². The molecule has 0 atom stereocenters. The highest BCUT2D eigenvalue weighted by atomic mass is 79.9. The van der Waals surface area contributed by atoms with E-state index in [2.05, 4.69) is 31.7 Å². The van der Waals surface area contributed by atoms with E-state index in [4.69, 9.17) is 0 Å². The van der Waals surface area contributed by atoms with Gasteiger partial charge in [-0.3, -0.25) is 9.48 Å². The number of nitrogens with one attached hydrogen (secondary N) is 2. The summed E-state index contributed by atoms with van der Waals surface area (Å²) < 4.78 is 2.62. The average molecular weight is 420 g/mol. The predicted molar refractivity (Wildman–Crippen MR) is 103 cm³/mol. The standard InChI is InChI=1S/C18H22BrN5O2/c1-12-9-15(3-4-16(12)19)22-18(26)24-7-5-14(6-8-24)21-17(25)13-10-20-23(2)11-13/h3-4,9-11,14H,5-8H2,1-2H3,(H,21,25)(H,22,26). The number of likely N-dealkylation sites (tertiary alicyclic amines) is 1. The number of hydrogen-bond donors (Lipinski definition) is 2. The van der Waals surface area contributed by atoms with Gasteiger partial charge < -0.3 is 15.5 Å². The maximum absolute atomic E-state index is 12.4. The minimum absolute atomic E-state index is 0.0710. The maximum atomic E-state index is 12.4. The molecule has 1 saturated heterocycles. The first-order valence-electron chi connectivity index (χ1n) is 8.54. The van der Waals surface area contributed by atoms with E-state index in [9.17, 15) is 9.59 Å². The van der Waals surface area contributed by atoms with E-state index in [1.54, 1.807) is 29.0 Å². The van der Waals surface area contributed by atoms with Crippen molar-refractivity contribution in [2.45, 2.75) is 25.8 Å². The van der Waals surface area contributed by atoms with E-state index in [1.807, 2.05) is 25.1 Å². The van der Waals surface area contributed by atoms with E-state index < -0.39 is 0 Å². The van der Waals surface area contributed by atoms with Crippen LogP contribution in [-0.2, 0) is 7.05 Å². The van der Waals surface area contributed by atoms with Crippen LogP contribution in [0.3, 0.4) is 0 Å². The van der Waals surface area contributed by atoms with Crippen molar-refractivity contribution in [2.75, 3.05) is 18.4 Å². The number of amides is 3. The number of halogens is 1. The Kier molecular flexibility index (Phi) is 5.61. The number of aromatic nitrogens is 2. The Morgan fingerprint density at radius 1 is 1.27 bits per heavy atom. The quantitative estimate of drug-likeness (QED) is 0.802. The van der Waals surface area contributed by atoms with Gasteiger partial charge >= 0.3 is 6.03 Å². The highest BCUT2D eigenvalue weighted by molar-refractivity contribution is 9.10. The van der Waals surface area contributed by atoms with Crippen molar-refractivity contribution >= 4 is 33.6 Å². The summed E-state index contributed by atoms with van der Waals surface area (Å²) in [5.41, 5.74) is 2.40. The Morgan fingerprint density at radius 3 is 2.62 bits per heavy atom. The predicted octanol–water partition coefficient (Wildman–Crippen LogP) is 2.92. The molecule has 1 aliphatic rings. The Balaban J connectivity index is 1.49. The number of anilines is 1. The van der Waals surface area contributed by atoms with Crippen molar-refractivity contribution in [3.05, 3.63) is 46.2 Å². The zero-order valence-electron chi connectivity index (χ0n) is 14.8. The topological polar surface area (TPSA) is 79.3 Å². The van der Waals surface area contributed by atoms with Crippen LogP contribution in [0.1, 0.15) is 28.8 Å². The minimum atomic E-state index is -0.119. The molecule has 2 heterocycles. The summed E-state index contributed by atoms with van der Waals surface area (Å²) in [4.78, 5) is 26.4. The number of aryl methyl sites for hydroxylation is 2. The Bertz CT molecular complexity index is 812. The largest absolute Gasteiger partial charge is 0.349 e. The molecule has 1 fully saturated rings. The highest BCUT2D eigenvalue weighted by Crippen LogP contribution is 2.21. The highest BCUT2D eigenvalue weighted by Gasteiger charge is 2.24. The first kappa shape index (κ1) is 18.4. The molecule has 2 aromatic rings. The van der Waals surface area contributed by atoms with E-state index in [-0.39, 0.29) is 18.0 Å². The minimum Gasteiger partial charge on any atom is -0.349 e. The van der Waals surface area contributed by atoms with Crippen LogP contribution in [-0.4, -0.2) is 45.8 Å². The molecule has 0 bridgehead atoms. The Hall–Kier alpha value is -2.35. The zero-order valence-corrected chi connectivity index (χ0v) is 16.4. The monoisotopic (exact) mass is 419 g/mol. The summed E-state index contributed by atoms with van der Waals surface area (Å²) in [5.74, 6) is -0.119.